The fourth-order valence-corrected chi connectivity index (χ4v) is 1.72. The summed E-state index contributed by atoms with van der Waals surface area (Å²) < 4.78 is 1.70. The van der Waals surface area contributed by atoms with Gasteiger partial charge in [0.2, 0.25) is 0 Å². The predicted octanol–water partition coefficient (Wildman–Crippen LogP) is 0.302. The highest BCUT2D eigenvalue weighted by atomic mass is 15.5. The molecule has 7 heteroatoms. The van der Waals surface area contributed by atoms with Crippen LogP contribution >= 0.6 is 0 Å². The van der Waals surface area contributed by atoms with Crippen LogP contribution in [-0.2, 0) is 0 Å². The number of tetrazole rings is 1. The van der Waals surface area contributed by atoms with Crippen LogP contribution in [0.5, 0.6) is 0 Å². The molecule has 3 aromatic heterocycles. The highest BCUT2D eigenvalue weighted by molar-refractivity contribution is 5.55. The van der Waals surface area contributed by atoms with Gasteiger partial charge in [0.25, 0.3) is 0 Å². The number of hydrogen-bond donors (Lipinski definition) is 2. The maximum absolute atomic E-state index is 8.12. The van der Waals surface area contributed by atoms with Crippen LogP contribution in [0.1, 0.15) is 5.56 Å². The van der Waals surface area contributed by atoms with Crippen molar-refractivity contribution in [3.8, 4) is 11.4 Å². The molecule has 0 fully saturated rings. The zero-order valence-electron chi connectivity index (χ0n) is 9.05. The number of aromatic amines is 1. The van der Waals surface area contributed by atoms with Gasteiger partial charge in [-0.15, -0.1) is 5.10 Å². The first-order chi connectivity index (χ1) is 8.27. The number of nitrogens with zero attached hydrogens (tertiary/aromatic N) is 5. The van der Waals surface area contributed by atoms with E-state index in [0.29, 0.717) is 16.9 Å². The van der Waals surface area contributed by atoms with Gasteiger partial charge in [-0.3, -0.25) is 9.81 Å². The van der Waals surface area contributed by atoms with E-state index in [0.717, 1.165) is 11.2 Å². The van der Waals surface area contributed by atoms with Crippen molar-refractivity contribution in [2.75, 3.05) is 0 Å². The van der Waals surface area contributed by atoms with E-state index in [4.69, 9.17) is 5.41 Å². The van der Waals surface area contributed by atoms with Gasteiger partial charge < -0.3 is 0 Å². The van der Waals surface area contributed by atoms with E-state index in [-0.39, 0.29) is 0 Å². The predicted molar refractivity (Wildman–Crippen MR) is 59.0 cm³/mol. The van der Waals surface area contributed by atoms with Crippen molar-refractivity contribution >= 4 is 5.65 Å². The Morgan fingerprint density at radius 2 is 2.29 bits per heavy atom. The average Bonchev–Trinajstić information content (AvgIpc) is 2.84. The van der Waals surface area contributed by atoms with E-state index in [1.54, 1.807) is 16.8 Å². The number of pyridine rings is 1. The fraction of sp³-hybridized carbons (Fsp3) is 0.100. The second-order valence-electron chi connectivity index (χ2n) is 3.66. The first kappa shape index (κ1) is 9.64. The summed E-state index contributed by atoms with van der Waals surface area (Å²) in [5, 5.41) is 21.5. The lowest BCUT2D eigenvalue weighted by Crippen LogP contribution is -2.18. The Bertz CT molecular complexity index is 726. The summed E-state index contributed by atoms with van der Waals surface area (Å²) in [5.41, 5.74) is 2.65. The third kappa shape index (κ3) is 1.40. The summed E-state index contributed by atoms with van der Waals surface area (Å²) in [6.07, 6.45) is 3.40. The van der Waals surface area contributed by atoms with Gasteiger partial charge >= 0.3 is 0 Å². The average molecular weight is 227 g/mol. The van der Waals surface area contributed by atoms with E-state index in [9.17, 15) is 0 Å². The van der Waals surface area contributed by atoms with Crippen LogP contribution < -0.4 is 5.49 Å². The van der Waals surface area contributed by atoms with Crippen LogP contribution in [0.15, 0.2) is 24.5 Å². The van der Waals surface area contributed by atoms with Crippen LogP contribution in [0.25, 0.3) is 17.0 Å². The maximum Gasteiger partial charge on any atom is 0.184 e. The first-order valence-electron chi connectivity index (χ1n) is 5.03. The number of nitrogens with one attached hydrogen (secondary N) is 2. The summed E-state index contributed by atoms with van der Waals surface area (Å²) in [5.74, 6) is 0.443. The highest BCUT2D eigenvalue weighted by Crippen LogP contribution is 2.09. The number of hydrogen-bond acceptors (Lipinski definition) is 5. The topological polar surface area (TPSA) is 95.6 Å². The van der Waals surface area contributed by atoms with E-state index >= 15 is 0 Å². The number of fused-ring (bicyclic) bond motifs is 1. The number of aryl methyl sites for hydroxylation is 1. The molecule has 84 valence electrons. The highest BCUT2D eigenvalue weighted by Gasteiger charge is 2.08. The number of H-pyrrole nitrogens is 1. The van der Waals surface area contributed by atoms with Gasteiger partial charge in [0.05, 0.1) is 5.56 Å². The summed E-state index contributed by atoms with van der Waals surface area (Å²) >= 11 is 0. The van der Waals surface area contributed by atoms with Gasteiger partial charge in [-0.1, -0.05) is 6.07 Å². The van der Waals surface area contributed by atoms with E-state index in [1.807, 2.05) is 19.1 Å². The monoisotopic (exact) mass is 227 g/mol. The van der Waals surface area contributed by atoms with Crippen LogP contribution in [0, 0.1) is 12.3 Å². The Labute approximate surface area is 95.7 Å². The first-order valence-corrected chi connectivity index (χ1v) is 5.03. The Morgan fingerprint density at radius 1 is 1.41 bits per heavy atom. The molecule has 3 heterocycles. The Kier molecular flexibility index (Phi) is 1.97. The van der Waals surface area contributed by atoms with Crippen LogP contribution in [0.3, 0.4) is 0 Å². The second-order valence-corrected chi connectivity index (χ2v) is 3.66. The van der Waals surface area contributed by atoms with Crippen molar-refractivity contribution in [3.05, 3.63) is 35.6 Å². The molecule has 0 radical (unpaired) electrons. The lowest BCUT2D eigenvalue weighted by atomic mass is 10.2. The van der Waals surface area contributed by atoms with E-state index in [1.165, 1.54) is 0 Å². The largest absolute Gasteiger partial charge is 0.286 e. The molecular weight excluding hydrogens is 218 g/mol. The van der Waals surface area contributed by atoms with Gasteiger partial charge in [0.15, 0.2) is 5.82 Å². The third-order valence-corrected chi connectivity index (χ3v) is 2.57. The molecule has 0 bridgehead atoms. The van der Waals surface area contributed by atoms with Crippen LogP contribution in [0.4, 0.5) is 0 Å². The van der Waals surface area contributed by atoms with Gasteiger partial charge in [0.1, 0.15) is 11.1 Å². The summed E-state index contributed by atoms with van der Waals surface area (Å²) in [6.45, 7) is 1.96. The van der Waals surface area contributed by atoms with Gasteiger partial charge in [-0.2, -0.15) is 0 Å². The molecule has 0 aliphatic rings. The molecule has 0 aliphatic carbocycles. The summed E-state index contributed by atoms with van der Waals surface area (Å²) in [6, 6.07) is 3.84. The normalized spacial score (nSPS) is 10.9. The van der Waals surface area contributed by atoms with E-state index in [2.05, 4.69) is 25.6 Å². The van der Waals surface area contributed by atoms with Gasteiger partial charge in [-0.05, 0) is 29.0 Å². The minimum Gasteiger partial charge on any atom is -0.286 e. The Hall–Kier alpha value is -2.57. The third-order valence-electron chi connectivity index (χ3n) is 2.57. The van der Waals surface area contributed by atoms with Crippen LogP contribution in [-0.4, -0.2) is 30.0 Å². The van der Waals surface area contributed by atoms with Gasteiger partial charge in [0, 0.05) is 12.4 Å². The maximum atomic E-state index is 8.12. The minimum absolute atomic E-state index is 0.303. The van der Waals surface area contributed by atoms with Crippen molar-refractivity contribution in [3.63, 3.8) is 0 Å². The standard InChI is InChI=1S/C10H9N7/c1-6-3-2-4-17-8(11)7(5-12-10(6)17)9-13-15-16-14-9/h2-5,11H,1H3,(H,13,14,15,16). The summed E-state index contributed by atoms with van der Waals surface area (Å²) in [7, 11) is 0. The lowest BCUT2D eigenvalue weighted by molar-refractivity contribution is 0.881. The number of aromatic nitrogens is 6. The molecule has 2 N–H and O–H groups in total. The fourth-order valence-electron chi connectivity index (χ4n) is 1.72. The molecule has 0 saturated heterocycles. The molecular formula is C10H9N7. The van der Waals surface area contributed by atoms with Crippen molar-refractivity contribution in [2.45, 2.75) is 6.92 Å². The SMILES string of the molecule is Cc1cccn2c(=N)c(-c3nnn[nH]3)cnc12. The molecule has 0 saturated carbocycles. The Morgan fingerprint density at radius 3 is 3.06 bits per heavy atom. The van der Waals surface area contributed by atoms with Crippen molar-refractivity contribution < 1.29 is 0 Å². The summed E-state index contributed by atoms with van der Waals surface area (Å²) in [4.78, 5) is 4.32. The van der Waals surface area contributed by atoms with Crippen molar-refractivity contribution in [1.29, 1.82) is 5.41 Å². The van der Waals surface area contributed by atoms with Crippen molar-refractivity contribution in [1.82, 2.24) is 30.0 Å². The molecule has 0 aliphatic heterocycles. The molecule has 0 spiro atoms. The minimum atomic E-state index is 0.303. The molecule has 0 aromatic carbocycles. The quantitative estimate of drug-likeness (QED) is 0.625. The van der Waals surface area contributed by atoms with Gasteiger partial charge in [-0.25, -0.2) is 10.1 Å². The molecule has 17 heavy (non-hydrogen) atoms. The molecule has 3 rings (SSSR count). The second kappa shape index (κ2) is 3.48. The molecule has 7 nitrogen and oxygen atoms in total. The lowest BCUT2D eigenvalue weighted by Gasteiger charge is -2.05. The number of rotatable bonds is 1. The molecule has 0 atom stereocenters. The zero-order valence-corrected chi connectivity index (χ0v) is 9.05. The zero-order chi connectivity index (χ0) is 11.8. The molecule has 3 aromatic rings. The van der Waals surface area contributed by atoms with Crippen LogP contribution in [0.2, 0.25) is 0 Å². The Balaban J connectivity index is 2.38. The molecule has 0 amide bonds. The van der Waals surface area contributed by atoms with E-state index < -0.39 is 0 Å². The smallest absolute Gasteiger partial charge is 0.184 e. The van der Waals surface area contributed by atoms with Crippen molar-refractivity contribution in [2.24, 2.45) is 0 Å². The molecule has 0 unspecified atom stereocenters.